The molecule has 0 radical (unpaired) electrons. The van der Waals surface area contributed by atoms with Crippen molar-refractivity contribution >= 4 is 5.91 Å². The molecule has 0 bridgehead atoms. The highest BCUT2D eigenvalue weighted by atomic mass is 19.1. The number of ether oxygens (including phenoxy) is 1. The van der Waals surface area contributed by atoms with Crippen LogP contribution in [-0.4, -0.2) is 42.6 Å². The SMILES string of the molecule is O=C1C(NC2(c3ccccc3F)CC2)CCN1C1CCOCC1. The van der Waals surface area contributed by atoms with Crippen LogP contribution in [0.5, 0.6) is 0 Å². The molecule has 1 aliphatic carbocycles. The molecule has 1 atom stereocenters. The van der Waals surface area contributed by atoms with E-state index in [9.17, 15) is 9.18 Å². The molecule has 23 heavy (non-hydrogen) atoms. The Hall–Kier alpha value is -1.46. The van der Waals surface area contributed by atoms with Gasteiger partial charge in [0.1, 0.15) is 5.82 Å². The van der Waals surface area contributed by atoms with E-state index in [4.69, 9.17) is 4.74 Å². The number of nitrogens with zero attached hydrogens (tertiary/aromatic N) is 1. The third-order valence-electron chi connectivity index (χ3n) is 5.46. The first-order valence-electron chi connectivity index (χ1n) is 8.61. The Morgan fingerprint density at radius 3 is 2.61 bits per heavy atom. The fraction of sp³-hybridized carbons (Fsp3) is 0.611. The topological polar surface area (TPSA) is 41.6 Å². The number of carbonyl (C=O) groups is 1. The lowest BCUT2D eigenvalue weighted by Crippen LogP contribution is -2.47. The lowest BCUT2D eigenvalue weighted by atomic mass is 10.0. The first-order chi connectivity index (χ1) is 11.2. The number of carbonyl (C=O) groups excluding carboxylic acids is 1. The van der Waals surface area contributed by atoms with Gasteiger partial charge in [0.25, 0.3) is 0 Å². The number of halogens is 1. The van der Waals surface area contributed by atoms with Gasteiger partial charge in [-0.2, -0.15) is 0 Å². The van der Waals surface area contributed by atoms with Crippen LogP contribution in [0.4, 0.5) is 4.39 Å². The van der Waals surface area contributed by atoms with Gasteiger partial charge in [0.2, 0.25) is 5.91 Å². The maximum absolute atomic E-state index is 14.1. The molecule has 1 saturated carbocycles. The van der Waals surface area contributed by atoms with E-state index in [0.29, 0.717) is 11.6 Å². The second-order valence-electron chi connectivity index (χ2n) is 6.92. The summed E-state index contributed by atoms with van der Waals surface area (Å²) in [5, 5.41) is 3.48. The first-order valence-corrected chi connectivity index (χ1v) is 8.61. The molecule has 5 heteroatoms. The minimum Gasteiger partial charge on any atom is -0.381 e. The monoisotopic (exact) mass is 318 g/mol. The summed E-state index contributed by atoms with van der Waals surface area (Å²) in [5.74, 6) is 0.00347. The van der Waals surface area contributed by atoms with Crippen LogP contribution in [-0.2, 0) is 15.1 Å². The molecule has 1 N–H and O–H groups in total. The largest absolute Gasteiger partial charge is 0.381 e. The molecule has 3 fully saturated rings. The van der Waals surface area contributed by atoms with E-state index in [1.807, 2.05) is 17.0 Å². The van der Waals surface area contributed by atoms with Crippen LogP contribution in [0.25, 0.3) is 0 Å². The van der Waals surface area contributed by atoms with Crippen molar-refractivity contribution in [3.63, 3.8) is 0 Å². The summed E-state index contributed by atoms with van der Waals surface area (Å²) in [4.78, 5) is 14.8. The lowest BCUT2D eigenvalue weighted by molar-refractivity contribution is -0.133. The molecule has 2 aliphatic heterocycles. The molecule has 4 rings (SSSR count). The molecule has 3 aliphatic rings. The Bertz CT molecular complexity index is 596. The quantitative estimate of drug-likeness (QED) is 0.925. The molecule has 124 valence electrons. The standard InChI is InChI=1S/C18H23FN2O2/c19-15-4-2-1-3-14(15)18(8-9-18)20-16-5-10-21(17(16)22)13-6-11-23-12-7-13/h1-4,13,16,20H,5-12H2. The highest BCUT2D eigenvalue weighted by Crippen LogP contribution is 2.47. The summed E-state index contributed by atoms with van der Waals surface area (Å²) in [6.07, 6.45) is 4.46. The molecule has 0 aromatic heterocycles. The molecule has 4 nitrogen and oxygen atoms in total. The van der Waals surface area contributed by atoms with E-state index in [1.165, 1.54) is 6.07 Å². The Kier molecular flexibility index (Phi) is 3.85. The fourth-order valence-corrected chi connectivity index (χ4v) is 3.99. The normalized spacial score (nSPS) is 27.4. The second-order valence-corrected chi connectivity index (χ2v) is 6.92. The summed E-state index contributed by atoms with van der Waals surface area (Å²) in [7, 11) is 0. The summed E-state index contributed by atoms with van der Waals surface area (Å²) in [6.45, 7) is 2.28. The third kappa shape index (κ3) is 2.76. The van der Waals surface area contributed by atoms with Gasteiger partial charge in [0.05, 0.1) is 6.04 Å². The zero-order valence-corrected chi connectivity index (χ0v) is 13.3. The van der Waals surface area contributed by atoms with Crippen molar-refractivity contribution in [3.05, 3.63) is 35.6 Å². The molecule has 1 amide bonds. The van der Waals surface area contributed by atoms with Crippen molar-refractivity contribution in [1.82, 2.24) is 10.2 Å². The molecule has 2 saturated heterocycles. The zero-order valence-electron chi connectivity index (χ0n) is 13.3. The number of nitrogens with one attached hydrogen (secondary N) is 1. The average molecular weight is 318 g/mol. The van der Waals surface area contributed by atoms with Crippen molar-refractivity contribution in [1.29, 1.82) is 0 Å². The third-order valence-corrected chi connectivity index (χ3v) is 5.46. The van der Waals surface area contributed by atoms with Gasteiger partial charge in [-0.25, -0.2) is 4.39 Å². The van der Waals surface area contributed by atoms with Crippen LogP contribution in [0.3, 0.4) is 0 Å². The van der Waals surface area contributed by atoms with E-state index in [-0.39, 0.29) is 23.3 Å². The summed E-state index contributed by atoms with van der Waals surface area (Å²) in [6, 6.07) is 7.05. The predicted molar refractivity (Wildman–Crippen MR) is 84.4 cm³/mol. The minimum absolute atomic E-state index is 0.177. The van der Waals surface area contributed by atoms with E-state index in [0.717, 1.165) is 51.9 Å². The number of rotatable bonds is 4. The number of amides is 1. The Morgan fingerprint density at radius 2 is 1.91 bits per heavy atom. The molecular weight excluding hydrogens is 295 g/mol. The number of hydrogen-bond donors (Lipinski definition) is 1. The number of hydrogen-bond acceptors (Lipinski definition) is 3. The molecule has 1 aromatic rings. The lowest BCUT2D eigenvalue weighted by Gasteiger charge is -2.31. The van der Waals surface area contributed by atoms with Gasteiger partial charge in [0, 0.05) is 36.9 Å². The maximum atomic E-state index is 14.1. The number of likely N-dealkylation sites (tertiary alicyclic amines) is 1. The van der Waals surface area contributed by atoms with Crippen molar-refractivity contribution in [3.8, 4) is 0 Å². The molecule has 1 unspecified atom stereocenters. The average Bonchev–Trinajstić information content (AvgIpc) is 3.27. The van der Waals surface area contributed by atoms with Gasteiger partial charge in [-0.1, -0.05) is 18.2 Å². The van der Waals surface area contributed by atoms with Crippen molar-refractivity contribution in [2.75, 3.05) is 19.8 Å². The highest BCUT2D eigenvalue weighted by molar-refractivity contribution is 5.84. The predicted octanol–water partition coefficient (Wildman–Crippen LogP) is 2.18. The Balaban J connectivity index is 1.46. The van der Waals surface area contributed by atoms with Crippen molar-refractivity contribution in [2.45, 2.75) is 49.7 Å². The molecular formula is C18H23FN2O2. The van der Waals surface area contributed by atoms with Crippen molar-refractivity contribution < 1.29 is 13.9 Å². The summed E-state index contributed by atoms with van der Waals surface area (Å²) < 4.78 is 19.5. The second kappa shape index (κ2) is 5.87. The maximum Gasteiger partial charge on any atom is 0.240 e. The van der Waals surface area contributed by atoms with E-state index in [2.05, 4.69) is 5.32 Å². The van der Waals surface area contributed by atoms with Gasteiger partial charge < -0.3 is 9.64 Å². The van der Waals surface area contributed by atoms with E-state index in [1.54, 1.807) is 6.07 Å². The van der Waals surface area contributed by atoms with Crippen LogP contribution in [0.15, 0.2) is 24.3 Å². The summed E-state index contributed by atoms with van der Waals surface area (Å²) in [5.41, 5.74) is 0.370. The van der Waals surface area contributed by atoms with Gasteiger partial charge >= 0.3 is 0 Å². The van der Waals surface area contributed by atoms with Gasteiger partial charge in [-0.15, -0.1) is 0 Å². The minimum atomic E-state index is -0.336. The first kappa shape index (κ1) is 15.1. The fourth-order valence-electron chi connectivity index (χ4n) is 3.99. The van der Waals surface area contributed by atoms with Crippen LogP contribution in [0.2, 0.25) is 0 Å². The van der Waals surface area contributed by atoms with Crippen LogP contribution < -0.4 is 5.32 Å². The van der Waals surface area contributed by atoms with Crippen LogP contribution in [0.1, 0.15) is 37.7 Å². The Labute approximate surface area is 136 Å². The molecule has 0 spiro atoms. The summed E-state index contributed by atoms with van der Waals surface area (Å²) >= 11 is 0. The smallest absolute Gasteiger partial charge is 0.240 e. The van der Waals surface area contributed by atoms with Gasteiger partial charge in [-0.05, 0) is 38.2 Å². The molecule has 1 aromatic carbocycles. The van der Waals surface area contributed by atoms with E-state index >= 15 is 0 Å². The van der Waals surface area contributed by atoms with E-state index < -0.39 is 0 Å². The van der Waals surface area contributed by atoms with Gasteiger partial charge in [-0.3, -0.25) is 10.1 Å². The van der Waals surface area contributed by atoms with Crippen molar-refractivity contribution in [2.24, 2.45) is 0 Å². The highest BCUT2D eigenvalue weighted by Gasteiger charge is 2.50. The van der Waals surface area contributed by atoms with Crippen LogP contribution >= 0.6 is 0 Å². The van der Waals surface area contributed by atoms with Crippen LogP contribution in [0, 0.1) is 5.82 Å². The number of benzene rings is 1. The van der Waals surface area contributed by atoms with Gasteiger partial charge in [0.15, 0.2) is 0 Å². The Morgan fingerprint density at radius 1 is 1.17 bits per heavy atom. The zero-order chi connectivity index (χ0) is 15.9. The molecule has 2 heterocycles.